The molecule has 1 aliphatic heterocycles. The fourth-order valence-corrected chi connectivity index (χ4v) is 2.93. The zero-order chi connectivity index (χ0) is 6.97. The van der Waals surface area contributed by atoms with Gasteiger partial charge in [0.25, 0.3) is 0 Å². The van der Waals surface area contributed by atoms with Crippen molar-refractivity contribution in [2.24, 2.45) is 5.11 Å². The van der Waals surface area contributed by atoms with E-state index >= 15 is 0 Å². The van der Waals surface area contributed by atoms with Crippen LogP contribution in [0.1, 0.15) is 25.7 Å². The van der Waals surface area contributed by atoms with Crippen LogP contribution in [0, 0.1) is 0 Å². The molecule has 2 nitrogen and oxygen atoms in total. The molecule has 0 amide bonds. The average Bonchev–Trinajstić information content (AvgIpc) is 2.27. The first-order valence-electron chi connectivity index (χ1n) is 3.97. The van der Waals surface area contributed by atoms with E-state index in [-0.39, 0.29) is 0 Å². The van der Waals surface area contributed by atoms with E-state index in [0.717, 1.165) is 5.25 Å². The highest BCUT2D eigenvalue weighted by Crippen LogP contribution is 2.35. The molecule has 3 heteroatoms. The first kappa shape index (κ1) is 6.65. The van der Waals surface area contributed by atoms with Crippen molar-refractivity contribution < 1.29 is 4.10 Å². The monoisotopic (exact) mass is 157 g/mol. The Morgan fingerprint density at radius 1 is 1.40 bits per heavy atom. The van der Waals surface area contributed by atoms with E-state index < -0.39 is 0 Å². The molecule has 1 saturated carbocycles. The third-order valence-electron chi connectivity index (χ3n) is 2.27. The fraction of sp³-hybridized carbons (Fsp3) is 1.00. The lowest BCUT2D eigenvalue weighted by Gasteiger charge is -2.15. The van der Waals surface area contributed by atoms with Crippen LogP contribution >= 0.6 is 11.9 Å². The Morgan fingerprint density at radius 3 is 3.00 bits per heavy atom. The van der Waals surface area contributed by atoms with Gasteiger partial charge in [0.1, 0.15) is 11.3 Å². The SMILES string of the molecule is C[N+]1=NC2CCCCC2S1. The van der Waals surface area contributed by atoms with Crippen LogP contribution in [0.25, 0.3) is 0 Å². The van der Waals surface area contributed by atoms with Crippen LogP contribution in [0.2, 0.25) is 0 Å². The molecular formula is C7H13N2S+. The standard InChI is InChI=1S/C7H13N2S/c1-9-8-6-4-2-3-5-7(6)10-9/h6-7H,2-5H2,1H3/q+1. The van der Waals surface area contributed by atoms with Gasteiger partial charge in [-0.3, -0.25) is 0 Å². The van der Waals surface area contributed by atoms with Gasteiger partial charge in [0.2, 0.25) is 0 Å². The molecule has 1 heterocycles. The maximum Gasteiger partial charge on any atom is 0.191 e. The van der Waals surface area contributed by atoms with Crippen molar-refractivity contribution in [3.8, 4) is 0 Å². The molecule has 2 aliphatic rings. The summed E-state index contributed by atoms with van der Waals surface area (Å²) in [5.41, 5.74) is 0. The third kappa shape index (κ3) is 1.07. The summed E-state index contributed by atoms with van der Waals surface area (Å²) in [5.74, 6) is 0. The zero-order valence-electron chi connectivity index (χ0n) is 6.29. The molecule has 2 unspecified atom stereocenters. The molecule has 10 heavy (non-hydrogen) atoms. The molecule has 56 valence electrons. The molecule has 1 fully saturated rings. The van der Waals surface area contributed by atoms with Crippen molar-refractivity contribution in [3.63, 3.8) is 0 Å². The van der Waals surface area contributed by atoms with Crippen LogP contribution in [-0.4, -0.2) is 22.4 Å². The summed E-state index contributed by atoms with van der Waals surface area (Å²) in [5, 5.41) is 5.33. The maximum absolute atomic E-state index is 4.51. The van der Waals surface area contributed by atoms with E-state index in [2.05, 4.69) is 12.2 Å². The van der Waals surface area contributed by atoms with Crippen LogP contribution < -0.4 is 0 Å². The van der Waals surface area contributed by atoms with Gasteiger partial charge in [0.05, 0.1) is 0 Å². The summed E-state index contributed by atoms with van der Waals surface area (Å²) in [6.45, 7) is 0. The molecule has 0 spiro atoms. The highest BCUT2D eigenvalue weighted by molar-refractivity contribution is 7.94. The average molecular weight is 157 g/mol. The second-order valence-electron chi connectivity index (χ2n) is 3.08. The topological polar surface area (TPSA) is 15.4 Å². The molecule has 0 aromatic carbocycles. The summed E-state index contributed by atoms with van der Waals surface area (Å²) in [4.78, 5) is 0. The van der Waals surface area contributed by atoms with Gasteiger partial charge in [-0.1, -0.05) is 16.9 Å². The van der Waals surface area contributed by atoms with E-state index in [1.165, 1.54) is 25.7 Å². The molecule has 0 bridgehead atoms. The van der Waals surface area contributed by atoms with Gasteiger partial charge in [-0.15, -0.1) is 0 Å². The van der Waals surface area contributed by atoms with Gasteiger partial charge < -0.3 is 0 Å². The molecule has 0 aromatic heterocycles. The third-order valence-corrected chi connectivity index (χ3v) is 3.49. The number of fused-ring (bicyclic) bond motifs is 1. The van der Waals surface area contributed by atoms with E-state index in [1.807, 2.05) is 16.1 Å². The molecule has 0 N–H and O–H groups in total. The Kier molecular flexibility index (Phi) is 1.68. The number of rotatable bonds is 0. The van der Waals surface area contributed by atoms with Crippen LogP contribution in [0.3, 0.4) is 0 Å². The predicted molar refractivity (Wildman–Crippen MR) is 42.2 cm³/mol. The molecule has 1 aliphatic carbocycles. The van der Waals surface area contributed by atoms with Crippen LogP contribution in [0.4, 0.5) is 0 Å². The molecule has 2 atom stereocenters. The smallest absolute Gasteiger partial charge is 0.0577 e. The number of nitrogens with zero attached hydrogens (tertiary/aromatic N) is 2. The number of hydrogen-bond acceptors (Lipinski definition) is 2. The Balaban J connectivity index is 2.06. The molecule has 0 aromatic rings. The Morgan fingerprint density at radius 2 is 2.20 bits per heavy atom. The lowest BCUT2D eigenvalue weighted by Crippen LogP contribution is -2.21. The highest BCUT2D eigenvalue weighted by Gasteiger charge is 2.37. The van der Waals surface area contributed by atoms with Gasteiger partial charge in [-0.25, -0.2) is 0 Å². The van der Waals surface area contributed by atoms with Gasteiger partial charge in [0, 0.05) is 0 Å². The Hall–Kier alpha value is -0.0500. The van der Waals surface area contributed by atoms with Crippen molar-refractivity contribution >= 4 is 11.9 Å². The normalized spacial score (nSPS) is 39.1. The van der Waals surface area contributed by atoms with Gasteiger partial charge in [-0.05, 0) is 18.0 Å². The quantitative estimate of drug-likeness (QED) is 0.388. The van der Waals surface area contributed by atoms with Crippen molar-refractivity contribution in [1.82, 2.24) is 0 Å². The van der Waals surface area contributed by atoms with Crippen molar-refractivity contribution in [2.45, 2.75) is 37.0 Å². The van der Waals surface area contributed by atoms with Crippen molar-refractivity contribution in [2.75, 3.05) is 7.05 Å². The lowest BCUT2D eigenvalue weighted by atomic mass is 9.96. The van der Waals surface area contributed by atoms with E-state index in [1.54, 1.807) is 0 Å². The minimum absolute atomic E-state index is 0.656. The minimum Gasteiger partial charge on any atom is -0.0577 e. The summed E-state index contributed by atoms with van der Waals surface area (Å²) in [7, 11) is 2.06. The van der Waals surface area contributed by atoms with E-state index in [9.17, 15) is 0 Å². The zero-order valence-corrected chi connectivity index (χ0v) is 7.10. The van der Waals surface area contributed by atoms with Crippen LogP contribution in [0.15, 0.2) is 5.11 Å². The Labute approximate surface area is 65.8 Å². The van der Waals surface area contributed by atoms with E-state index in [4.69, 9.17) is 0 Å². The predicted octanol–water partition coefficient (Wildman–Crippen LogP) is 2.05. The summed E-state index contributed by atoms with van der Waals surface area (Å²) < 4.78 is 2.04. The first-order valence-corrected chi connectivity index (χ1v) is 4.81. The summed E-state index contributed by atoms with van der Waals surface area (Å²) in [6, 6.07) is 0.656. The first-order chi connectivity index (χ1) is 4.86. The molecule has 2 rings (SSSR count). The minimum atomic E-state index is 0.656. The summed E-state index contributed by atoms with van der Waals surface area (Å²) >= 11 is 1.92. The number of hydrogen-bond donors (Lipinski definition) is 0. The molecular weight excluding hydrogens is 144 g/mol. The molecule has 0 saturated heterocycles. The van der Waals surface area contributed by atoms with Crippen molar-refractivity contribution in [3.05, 3.63) is 0 Å². The Bertz CT molecular complexity index is 167. The highest BCUT2D eigenvalue weighted by atomic mass is 32.2. The largest absolute Gasteiger partial charge is 0.191 e. The van der Waals surface area contributed by atoms with E-state index in [0.29, 0.717) is 6.04 Å². The van der Waals surface area contributed by atoms with Crippen molar-refractivity contribution in [1.29, 1.82) is 0 Å². The van der Waals surface area contributed by atoms with Gasteiger partial charge >= 0.3 is 0 Å². The second-order valence-corrected chi connectivity index (χ2v) is 4.42. The number of azo groups is 1. The summed E-state index contributed by atoms with van der Waals surface area (Å²) in [6.07, 6.45) is 5.50. The van der Waals surface area contributed by atoms with Crippen LogP contribution in [0.5, 0.6) is 0 Å². The maximum atomic E-state index is 4.51. The van der Waals surface area contributed by atoms with Gasteiger partial charge in [-0.2, -0.15) is 0 Å². The fourth-order valence-electron chi connectivity index (χ4n) is 1.76. The van der Waals surface area contributed by atoms with Crippen LogP contribution in [-0.2, 0) is 0 Å². The lowest BCUT2D eigenvalue weighted by molar-refractivity contribution is -0.387. The molecule has 0 radical (unpaired) electrons. The second kappa shape index (κ2) is 2.53. The van der Waals surface area contributed by atoms with Gasteiger partial charge in [0.15, 0.2) is 19.0 Å².